The molecule has 0 amide bonds. The van der Waals surface area contributed by atoms with Crippen molar-refractivity contribution < 1.29 is 5.11 Å². The van der Waals surface area contributed by atoms with Gasteiger partial charge in [-0.25, -0.2) is 0 Å². The SMILES string of the molecule is CC(C)(CO)CNc1cc(C#N)ccc1Cl. The molecule has 0 aromatic heterocycles. The van der Waals surface area contributed by atoms with Gasteiger partial charge in [-0.15, -0.1) is 0 Å². The highest BCUT2D eigenvalue weighted by Crippen LogP contribution is 2.24. The van der Waals surface area contributed by atoms with Crippen molar-refractivity contribution in [3.8, 4) is 6.07 Å². The number of nitrogens with one attached hydrogen (secondary N) is 1. The molecule has 4 heteroatoms. The maximum atomic E-state index is 9.12. The number of hydrogen-bond donors (Lipinski definition) is 2. The first kappa shape index (κ1) is 12.8. The van der Waals surface area contributed by atoms with Gasteiger partial charge in [0.2, 0.25) is 0 Å². The number of halogens is 1. The molecule has 0 heterocycles. The van der Waals surface area contributed by atoms with E-state index >= 15 is 0 Å². The van der Waals surface area contributed by atoms with Crippen LogP contribution >= 0.6 is 11.6 Å². The van der Waals surface area contributed by atoms with Gasteiger partial charge in [-0.2, -0.15) is 5.26 Å². The fraction of sp³-hybridized carbons (Fsp3) is 0.417. The first-order valence-electron chi connectivity index (χ1n) is 5.03. The maximum absolute atomic E-state index is 9.12. The lowest BCUT2D eigenvalue weighted by molar-refractivity contribution is 0.171. The first-order valence-corrected chi connectivity index (χ1v) is 5.41. The van der Waals surface area contributed by atoms with E-state index < -0.39 is 0 Å². The Morgan fingerprint density at radius 2 is 2.19 bits per heavy atom. The molecule has 1 aromatic carbocycles. The van der Waals surface area contributed by atoms with Gasteiger partial charge < -0.3 is 10.4 Å². The molecule has 0 radical (unpaired) electrons. The molecule has 16 heavy (non-hydrogen) atoms. The Labute approximate surface area is 101 Å². The molecule has 0 atom stereocenters. The van der Waals surface area contributed by atoms with Gasteiger partial charge in [0.1, 0.15) is 0 Å². The summed E-state index contributed by atoms with van der Waals surface area (Å²) >= 11 is 5.99. The highest BCUT2D eigenvalue weighted by Gasteiger charge is 2.16. The number of nitriles is 1. The van der Waals surface area contributed by atoms with Gasteiger partial charge in [0.05, 0.1) is 22.3 Å². The Bertz CT molecular complexity index is 410. The average molecular weight is 239 g/mol. The molecule has 1 aromatic rings. The molecule has 86 valence electrons. The van der Waals surface area contributed by atoms with E-state index in [2.05, 4.69) is 11.4 Å². The van der Waals surface area contributed by atoms with E-state index in [1.807, 2.05) is 13.8 Å². The standard InChI is InChI=1S/C12H15ClN2O/c1-12(2,8-16)7-15-11-5-9(6-14)3-4-10(11)13/h3-5,15-16H,7-8H2,1-2H3. The zero-order valence-corrected chi connectivity index (χ0v) is 10.2. The van der Waals surface area contributed by atoms with Gasteiger partial charge in [-0.1, -0.05) is 25.4 Å². The van der Waals surface area contributed by atoms with Gasteiger partial charge >= 0.3 is 0 Å². The molecule has 3 nitrogen and oxygen atoms in total. The van der Waals surface area contributed by atoms with Gasteiger partial charge in [0.25, 0.3) is 0 Å². The van der Waals surface area contributed by atoms with Crippen LogP contribution in [-0.4, -0.2) is 18.3 Å². The monoisotopic (exact) mass is 238 g/mol. The summed E-state index contributed by atoms with van der Waals surface area (Å²) in [6.45, 7) is 4.58. The molecule has 0 aliphatic carbocycles. The summed E-state index contributed by atoms with van der Waals surface area (Å²) < 4.78 is 0. The molecule has 1 rings (SSSR count). The van der Waals surface area contributed by atoms with Crippen molar-refractivity contribution in [2.75, 3.05) is 18.5 Å². The van der Waals surface area contributed by atoms with Crippen LogP contribution in [-0.2, 0) is 0 Å². The normalized spacial score (nSPS) is 10.9. The Balaban J connectivity index is 2.78. The third-order valence-corrected chi connectivity index (χ3v) is 2.61. The summed E-state index contributed by atoms with van der Waals surface area (Å²) in [5.74, 6) is 0. The number of hydrogen-bond acceptors (Lipinski definition) is 3. The summed E-state index contributed by atoms with van der Waals surface area (Å²) in [6, 6.07) is 7.12. The second-order valence-electron chi connectivity index (χ2n) is 4.48. The zero-order valence-electron chi connectivity index (χ0n) is 9.42. The molecule has 0 fully saturated rings. The number of anilines is 1. The van der Waals surface area contributed by atoms with Crippen molar-refractivity contribution in [3.05, 3.63) is 28.8 Å². The number of benzene rings is 1. The van der Waals surface area contributed by atoms with Crippen molar-refractivity contribution in [1.29, 1.82) is 5.26 Å². The van der Waals surface area contributed by atoms with Crippen molar-refractivity contribution in [1.82, 2.24) is 0 Å². The third kappa shape index (κ3) is 3.41. The maximum Gasteiger partial charge on any atom is 0.0992 e. The van der Waals surface area contributed by atoms with Crippen LogP contribution in [0.5, 0.6) is 0 Å². The van der Waals surface area contributed by atoms with E-state index in [9.17, 15) is 0 Å². The Kier molecular flexibility index (Phi) is 4.17. The minimum absolute atomic E-state index is 0.0928. The lowest BCUT2D eigenvalue weighted by Crippen LogP contribution is -2.26. The fourth-order valence-electron chi connectivity index (χ4n) is 1.12. The summed E-state index contributed by atoms with van der Waals surface area (Å²) in [5.41, 5.74) is 1.07. The fourth-order valence-corrected chi connectivity index (χ4v) is 1.31. The molecule has 0 saturated heterocycles. The van der Waals surface area contributed by atoms with Crippen molar-refractivity contribution >= 4 is 17.3 Å². The number of aliphatic hydroxyl groups excluding tert-OH is 1. The van der Waals surface area contributed by atoms with Crippen LogP contribution in [0.4, 0.5) is 5.69 Å². The highest BCUT2D eigenvalue weighted by atomic mass is 35.5. The average Bonchev–Trinajstić information content (AvgIpc) is 2.28. The van der Waals surface area contributed by atoms with Crippen molar-refractivity contribution in [2.45, 2.75) is 13.8 Å². The van der Waals surface area contributed by atoms with E-state index in [-0.39, 0.29) is 12.0 Å². The molecular formula is C12H15ClN2O. The summed E-state index contributed by atoms with van der Waals surface area (Å²) in [4.78, 5) is 0. The summed E-state index contributed by atoms with van der Waals surface area (Å²) in [7, 11) is 0. The third-order valence-electron chi connectivity index (χ3n) is 2.28. The smallest absolute Gasteiger partial charge is 0.0992 e. The van der Waals surface area contributed by atoms with E-state index in [4.69, 9.17) is 22.0 Å². The van der Waals surface area contributed by atoms with Crippen LogP contribution in [0.3, 0.4) is 0 Å². The predicted molar refractivity (Wildman–Crippen MR) is 65.5 cm³/mol. The topological polar surface area (TPSA) is 56.0 Å². The number of aliphatic hydroxyl groups is 1. The highest BCUT2D eigenvalue weighted by molar-refractivity contribution is 6.33. The summed E-state index contributed by atoms with van der Waals surface area (Å²) in [5, 5.41) is 21.6. The van der Waals surface area contributed by atoms with Crippen LogP contribution in [0, 0.1) is 16.7 Å². The van der Waals surface area contributed by atoms with Crippen molar-refractivity contribution in [2.24, 2.45) is 5.41 Å². The molecular weight excluding hydrogens is 224 g/mol. The van der Waals surface area contributed by atoms with Crippen LogP contribution in [0.25, 0.3) is 0 Å². The minimum Gasteiger partial charge on any atom is -0.396 e. The Morgan fingerprint density at radius 3 is 2.75 bits per heavy atom. The van der Waals surface area contributed by atoms with Crippen LogP contribution in [0.15, 0.2) is 18.2 Å². The number of nitrogens with zero attached hydrogens (tertiary/aromatic N) is 1. The molecule has 0 unspecified atom stereocenters. The van der Waals surface area contributed by atoms with Crippen molar-refractivity contribution in [3.63, 3.8) is 0 Å². The Hall–Kier alpha value is -1.24. The van der Waals surface area contributed by atoms with Gasteiger partial charge in [-0.05, 0) is 18.2 Å². The quantitative estimate of drug-likeness (QED) is 0.848. The number of rotatable bonds is 4. The Morgan fingerprint density at radius 1 is 1.50 bits per heavy atom. The largest absolute Gasteiger partial charge is 0.396 e. The van der Waals surface area contributed by atoms with Gasteiger partial charge in [0, 0.05) is 18.6 Å². The molecule has 2 N–H and O–H groups in total. The molecule has 0 saturated carbocycles. The minimum atomic E-state index is -0.216. The van der Waals surface area contributed by atoms with Gasteiger partial charge in [0.15, 0.2) is 0 Å². The molecule has 0 bridgehead atoms. The second kappa shape index (κ2) is 5.20. The van der Waals surface area contributed by atoms with E-state index in [0.29, 0.717) is 17.1 Å². The van der Waals surface area contributed by atoms with Gasteiger partial charge in [-0.3, -0.25) is 0 Å². The molecule has 0 aliphatic rings. The van der Waals surface area contributed by atoms with E-state index in [0.717, 1.165) is 5.69 Å². The van der Waals surface area contributed by atoms with Crippen LogP contribution < -0.4 is 5.32 Å². The zero-order chi connectivity index (χ0) is 12.2. The van der Waals surface area contributed by atoms with E-state index in [1.165, 1.54) is 0 Å². The predicted octanol–water partition coefficient (Wildman–Crippen LogP) is 2.64. The van der Waals surface area contributed by atoms with E-state index in [1.54, 1.807) is 18.2 Å². The molecule has 0 spiro atoms. The first-order chi connectivity index (χ1) is 7.48. The lowest BCUT2D eigenvalue weighted by Gasteiger charge is -2.23. The molecule has 0 aliphatic heterocycles. The lowest BCUT2D eigenvalue weighted by atomic mass is 9.95. The van der Waals surface area contributed by atoms with Crippen LogP contribution in [0.2, 0.25) is 5.02 Å². The van der Waals surface area contributed by atoms with Crippen LogP contribution in [0.1, 0.15) is 19.4 Å². The second-order valence-corrected chi connectivity index (χ2v) is 4.89. The summed E-state index contributed by atoms with van der Waals surface area (Å²) in [6.07, 6.45) is 0.